The second-order valence-corrected chi connectivity index (χ2v) is 22.9. The van der Waals surface area contributed by atoms with Gasteiger partial charge in [-0.3, -0.25) is 19.3 Å². The van der Waals surface area contributed by atoms with E-state index in [2.05, 4.69) is 53.5 Å². The highest BCUT2D eigenvalue weighted by Crippen LogP contribution is 2.38. The van der Waals surface area contributed by atoms with E-state index in [1.807, 2.05) is 74.9 Å². The van der Waals surface area contributed by atoms with E-state index in [0.29, 0.717) is 107 Å². The molecule has 24 heteroatoms. The van der Waals surface area contributed by atoms with Crippen molar-refractivity contribution in [2.45, 2.75) is 56.9 Å². The van der Waals surface area contributed by atoms with Crippen LogP contribution in [0, 0.1) is 0 Å². The molecule has 1 aliphatic carbocycles. The van der Waals surface area contributed by atoms with Gasteiger partial charge in [0.25, 0.3) is 11.8 Å². The minimum absolute atomic E-state index is 0.0102. The van der Waals surface area contributed by atoms with Crippen molar-refractivity contribution in [2.75, 3.05) is 89.5 Å². The number of methoxy groups -OCH3 is 4. The number of nitrogens with zero attached hydrogens (tertiary/aromatic N) is 10. The Morgan fingerprint density at radius 3 is 1.48 bits per heavy atom. The number of anilines is 4. The Morgan fingerprint density at radius 2 is 1.02 bits per heavy atom. The van der Waals surface area contributed by atoms with Gasteiger partial charge in [0.05, 0.1) is 41.5 Å². The second kappa shape index (κ2) is 29.4. The van der Waals surface area contributed by atoms with Gasteiger partial charge >= 0.3 is 0 Å². The molecule has 13 rings (SSSR count). The number of likely N-dealkylation sites (tertiary alicyclic amines) is 1. The number of rotatable bonds is 24. The van der Waals surface area contributed by atoms with Crippen LogP contribution in [0.1, 0.15) is 57.5 Å². The van der Waals surface area contributed by atoms with Crippen molar-refractivity contribution in [3.05, 3.63) is 193 Å². The van der Waals surface area contributed by atoms with Crippen LogP contribution in [0.4, 0.5) is 23.3 Å². The highest BCUT2D eigenvalue weighted by Gasteiger charge is 2.29. The van der Waals surface area contributed by atoms with Gasteiger partial charge in [0.2, 0.25) is 5.91 Å². The van der Waals surface area contributed by atoms with Crippen LogP contribution in [0.5, 0.6) is 46.0 Å². The number of fused-ring (bicyclic) bond motifs is 2. The normalized spacial score (nSPS) is 15.1. The van der Waals surface area contributed by atoms with Crippen LogP contribution in [0.3, 0.4) is 0 Å². The zero-order valence-corrected chi connectivity index (χ0v) is 52.8. The minimum atomic E-state index is -0.310. The quantitative estimate of drug-likeness (QED) is 0.0352. The number of amides is 3. The van der Waals surface area contributed by atoms with E-state index in [-0.39, 0.29) is 29.8 Å². The molecule has 3 aliphatic rings. The molecule has 2 aliphatic heterocycles. The Kier molecular flexibility index (Phi) is 19.8. The van der Waals surface area contributed by atoms with E-state index in [9.17, 15) is 14.4 Å². The van der Waals surface area contributed by atoms with Gasteiger partial charge in [-0.15, -0.1) is 0 Å². The third-order valence-electron chi connectivity index (χ3n) is 16.3. The van der Waals surface area contributed by atoms with Crippen molar-refractivity contribution in [1.29, 1.82) is 0 Å². The number of carbonyl (C=O) groups excluding carboxylic acids is 3. The molecule has 1 saturated carbocycles. The first-order valence-electron chi connectivity index (χ1n) is 31.0. The fourth-order valence-electron chi connectivity index (χ4n) is 11.1. The summed E-state index contributed by atoms with van der Waals surface area (Å²) in [6.07, 6.45) is 14.5. The average Bonchev–Trinajstić information content (AvgIpc) is 1.63. The molecule has 3 fully saturated rings. The van der Waals surface area contributed by atoms with Crippen molar-refractivity contribution in [3.63, 3.8) is 0 Å². The zero-order valence-electron chi connectivity index (χ0n) is 52.8. The SMILES string of the molecule is COc1ccc(Cn2nc(N[C@@H]3CCN(C(=O)/C=C/CN(C)C4CC4)C3)c3c(Oc4ccc(C(=O)Nc5cc(OC)ccn5)cc4)ccnc32)cc1.COc1ccc(Cn2nc(N[C@@H]3CCNC3)c3c(Oc4ccc(C(=O)Nc5cc(OC)ccn5)cc4)ccnc32)cc1. The Morgan fingerprint density at radius 1 is 0.553 bits per heavy atom. The molecule has 2 saturated heterocycles. The van der Waals surface area contributed by atoms with Crippen molar-refractivity contribution >= 4 is 63.1 Å². The lowest BCUT2D eigenvalue weighted by atomic mass is 10.2. The second-order valence-electron chi connectivity index (χ2n) is 22.9. The summed E-state index contributed by atoms with van der Waals surface area (Å²) in [7, 11) is 8.52. The molecule has 4 aromatic carbocycles. The number of hydrogen-bond donors (Lipinski definition) is 5. The Labute approximate surface area is 543 Å². The molecule has 0 unspecified atom stereocenters. The molecule has 0 spiro atoms. The fourth-order valence-corrected chi connectivity index (χ4v) is 11.1. The Bertz CT molecular complexity index is 4290. The van der Waals surface area contributed by atoms with Crippen molar-refractivity contribution < 1.29 is 42.8 Å². The Balaban J connectivity index is 0.000000185. The molecule has 0 radical (unpaired) electrons. The van der Waals surface area contributed by atoms with E-state index in [0.717, 1.165) is 71.7 Å². The number of likely N-dealkylation sites (N-methyl/N-ethyl adjacent to an activating group) is 1. The predicted molar refractivity (Wildman–Crippen MR) is 358 cm³/mol. The molecule has 94 heavy (non-hydrogen) atoms. The van der Waals surface area contributed by atoms with Crippen LogP contribution < -0.4 is 55.0 Å². The van der Waals surface area contributed by atoms with Crippen LogP contribution in [0.15, 0.2) is 170 Å². The molecule has 5 N–H and O–H groups in total. The van der Waals surface area contributed by atoms with E-state index in [1.165, 1.54) is 12.8 Å². The smallest absolute Gasteiger partial charge is 0.256 e. The van der Waals surface area contributed by atoms with Gasteiger partial charge < -0.3 is 59.9 Å². The number of benzene rings is 4. The number of ether oxygens (including phenoxy) is 6. The van der Waals surface area contributed by atoms with Crippen LogP contribution in [0.25, 0.3) is 22.1 Å². The summed E-state index contributed by atoms with van der Waals surface area (Å²) in [6.45, 7) is 4.80. The maximum absolute atomic E-state index is 13.0. The lowest BCUT2D eigenvalue weighted by molar-refractivity contribution is -0.125. The van der Waals surface area contributed by atoms with Crippen LogP contribution in [-0.2, 0) is 17.9 Å². The number of pyridine rings is 4. The minimum Gasteiger partial charge on any atom is -0.497 e. The summed E-state index contributed by atoms with van der Waals surface area (Å²) in [6, 6.07) is 40.8. The monoisotopic (exact) mass is 1270 g/mol. The number of carbonyl (C=O) groups is 3. The Hall–Kier alpha value is -11.1. The largest absolute Gasteiger partial charge is 0.497 e. The topological polar surface area (TPSA) is 260 Å². The van der Waals surface area contributed by atoms with Gasteiger partial charge in [-0.05, 0) is 135 Å². The summed E-state index contributed by atoms with van der Waals surface area (Å²) in [5.74, 6) is 6.62. The standard InChI is InChI=1S/C39H42N8O5.C31H31N7O4/c1-45(29-10-11-29)21-4-5-35(48)46-22-18-28(25-46)42-37-36-33(17-20-41-38(36)47(44-37)24-26-6-12-30(50-2)13-7-26)52-31-14-8-27(9-15-31)39(49)43-34-23-32(51-3)16-19-40-34;1-40-23-7-3-20(4-8-23)19-38-30-28(29(37-38)35-22-11-14-32-18-22)26(13-16-34-30)42-24-9-5-21(6-10-24)31(39)36-27-17-25(41-2)12-15-33-27/h4-9,12-17,19-20,23,28-29H,10-11,18,21-22,24-25H2,1-3H3,(H,42,44)(H,40,43,49);3-10,12-13,15-17,22,32H,11,14,18-19H2,1-2H3,(H,35,37)(H,33,36,39)/b5-4+;/t28-;22-/m11/s1. The number of nitrogens with one attached hydrogen (secondary N) is 5. The highest BCUT2D eigenvalue weighted by atomic mass is 16.5. The lowest BCUT2D eigenvalue weighted by Crippen LogP contribution is -2.30. The van der Waals surface area contributed by atoms with Crippen molar-refractivity contribution in [3.8, 4) is 46.0 Å². The lowest BCUT2D eigenvalue weighted by Gasteiger charge is -2.16. The maximum Gasteiger partial charge on any atom is 0.256 e. The van der Waals surface area contributed by atoms with Crippen LogP contribution in [-0.4, -0.2) is 153 Å². The van der Waals surface area contributed by atoms with Gasteiger partial charge in [0.15, 0.2) is 22.9 Å². The van der Waals surface area contributed by atoms with Crippen LogP contribution in [0.2, 0.25) is 0 Å². The van der Waals surface area contributed by atoms with E-state index in [4.69, 9.17) is 43.6 Å². The van der Waals surface area contributed by atoms with E-state index < -0.39 is 0 Å². The predicted octanol–water partition coefficient (Wildman–Crippen LogP) is 10.3. The summed E-state index contributed by atoms with van der Waals surface area (Å²) < 4.78 is 37.6. The molecule has 482 valence electrons. The van der Waals surface area contributed by atoms with Gasteiger partial charge in [-0.25, -0.2) is 29.3 Å². The summed E-state index contributed by atoms with van der Waals surface area (Å²) in [5, 5.41) is 27.6. The third kappa shape index (κ3) is 15.6. The summed E-state index contributed by atoms with van der Waals surface area (Å²) in [4.78, 5) is 60.6. The third-order valence-corrected chi connectivity index (χ3v) is 16.3. The number of aromatic nitrogens is 8. The number of hydrogen-bond acceptors (Lipinski definition) is 19. The van der Waals surface area contributed by atoms with Crippen molar-refractivity contribution in [2.24, 2.45) is 0 Å². The van der Waals surface area contributed by atoms with Crippen LogP contribution >= 0.6 is 0 Å². The van der Waals surface area contributed by atoms with Gasteiger partial charge in [0.1, 0.15) is 68.4 Å². The average molecular weight is 1270 g/mol. The van der Waals surface area contributed by atoms with Gasteiger partial charge in [-0.2, -0.15) is 10.2 Å². The molecule has 8 heterocycles. The first-order valence-corrected chi connectivity index (χ1v) is 31.0. The summed E-state index contributed by atoms with van der Waals surface area (Å²) in [5.41, 5.74) is 4.36. The van der Waals surface area contributed by atoms with Crippen molar-refractivity contribution in [1.82, 2.24) is 54.6 Å². The van der Waals surface area contributed by atoms with Gasteiger partial charge in [-0.1, -0.05) is 30.3 Å². The van der Waals surface area contributed by atoms with E-state index in [1.54, 1.807) is 138 Å². The molecular weight excluding hydrogens is 1190 g/mol. The van der Waals surface area contributed by atoms with Gasteiger partial charge in [0, 0.05) is 111 Å². The first kappa shape index (κ1) is 63.1. The molecule has 0 bridgehead atoms. The molecule has 2 atom stereocenters. The molecule has 24 nitrogen and oxygen atoms in total. The molecule has 10 aromatic rings. The fraction of sp³-hybridized carbons (Fsp3) is 0.271. The maximum atomic E-state index is 13.0. The highest BCUT2D eigenvalue weighted by molar-refractivity contribution is 6.04. The first-order chi connectivity index (χ1) is 45.9. The zero-order chi connectivity index (χ0) is 64.9. The molecule has 6 aromatic heterocycles. The molecule has 3 amide bonds. The molecular formula is C70H73N15O9. The summed E-state index contributed by atoms with van der Waals surface area (Å²) >= 11 is 0. The van der Waals surface area contributed by atoms with E-state index >= 15 is 0 Å².